The number of nitrogens with zero attached hydrogens (tertiary/aromatic N) is 2. The third-order valence-corrected chi connectivity index (χ3v) is 4.46. The average molecular weight is 312 g/mol. The monoisotopic (exact) mass is 312 g/mol. The van der Waals surface area contributed by atoms with Crippen LogP contribution in [0.4, 0.5) is 0 Å². The predicted octanol–water partition coefficient (Wildman–Crippen LogP) is 1.76. The van der Waals surface area contributed by atoms with Gasteiger partial charge in [0.2, 0.25) is 0 Å². The quantitative estimate of drug-likeness (QED) is 0.884. The number of rotatable bonds is 5. The van der Waals surface area contributed by atoms with Gasteiger partial charge in [-0.2, -0.15) is 5.10 Å². The smallest absolute Gasteiger partial charge is 0.271 e. The average Bonchev–Trinajstić information content (AvgIpc) is 2.93. The molecule has 0 aliphatic heterocycles. The Balaban J connectivity index is 1.94. The molecule has 5 nitrogen and oxygen atoms in total. The van der Waals surface area contributed by atoms with Crippen LogP contribution in [0.1, 0.15) is 40.7 Å². The van der Waals surface area contributed by atoms with Crippen molar-refractivity contribution in [3.8, 4) is 0 Å². The van der Waals surface area contributed by atoms with Crippen LogP contribution >= 0.6 is 0 Å². The Morgan fingerprint density at radius 2 is 2.13 bits per heavy atom. The third kappa shape index (κ3) is 3.29. The highest BCUT2D eigenvalue weighted by atomic mass is 16.1. The van der Waals surface area contributed by atoms with Crippen molar-refractivity contribution in [2.24, 2.45) is 0 Å². The number of hydrogen-bond acceptors (Lipinski definition) is 3. The first-order valence-electron chi connectivity index (χ1n) is 8.30. The highest BCUT2D eigenvalue weighted by Crippen LogP contribution is 2.25. The molecule has 0 fully saturated rings. The molecule has 0 saturated carbocycles. The second-order valence-electron chi connectivity index (χ2n) is 5.99. The van der Waals surface area contributed by atoms with E-state index in [-0.39, 0.29) is 5.91 Å². The van der Waals surface area contributed by atoms with Gasteiger partial charge in [0.25, 0.3) is 5.91 Å². The van der Waals surface area contributed by atoms with Crippen molar-refractivity contribution in [1.29, 1.82) is 0 Å². The molecular weight excluding hydrogens is 288 g/mol. The highest BCUT2D eigenvalue weighted by molar-refractivity contribution is 5.93. The number of amides is 1. The Morgan fingerprint density at radius 3 is 2.83 bits per heavy atom. The summed E-state index contributed by atoms with van der Waals surface area (Å²) < 4.78 is 2.01. The molecule has 5 heteroatoms. The van der Waals surface area contributed by atoms with Crippen LogP contribution in [-0.2, 0) is 19.4 Å². The second kappa shape index (κ2) is 6.96. The minimum Gasteiger partial charge on any atom is -0.354 e. The molecule has 1 aromatic heterocycles. The molecule has 122 valence electrons. The minimum atomic E-state index is -0.0924. The van der Waals surface area contributed by atoms with Crippen LogP contribution < -0.4 is 10.6 Å². The summed E-state index contributed by atoms with van der Waals surface area (Å²) in [5.74, 6) is -0.0924. The van der Waals surface area contributed by atoms with Crippen molar-refractivity contribution in [2.75, 3.05) is 13.6 Å². The Hall–Kier alpha value is -2.14. The fourth-order valence-corrected chi connectivity index (χ4v) is 3.34. The zero-order valence-electron chi connectivity index (χ0n) is 13.8. The molecule has 3 rings (SSSR count). The van der Waals surface area contributed by atoms with Gasteiger partial charge in [0.05, 0.1) is 6.54 Å². The number of benzene rings is 1. The molecule has 23 heavy (non-hydrogen) atoms. The van der Waals surface area contributed by atoms with E-state index in [4.69, 9.17) is 0 Å². The van der Waals surface area contributed by atoms with Gasteiger partial charge in [-0.3, -0.25) is 9.48 Å². The summed E-state index contributed by atoms with van der Waals surface area (Å²) in [5.41, 5.74) is 4.11. The summed E-state index contributed by atoms with van der Waals surface area (Å²) in [6.45, 7) is 3.79. The molecule has 1 heterocycles. The van der Waals surface area contributed by atoms with Crippen LogP contribution in [0.25, 0.3) is 0 Å². The van der Waals surface area contributed by atoms with Crippen molar-refractivity contribution in [3.05, 3.63) is 52.8 Å². The van der Waals surface area contributed by atoms with Gasteiger partial charge in [0.1, 0.15) is 0 Å². The molecule has 0 radical (unpaired) electrons. The molecule has 1 aromatic carbocycles. The van der Waals surface area contributed by atoms with E-state index in [1.54, 1.807) is 7.05 Å². The molecule has 1 amide bonds. The van der Waals surface area contributed by atoms with Gasteiger partial charge in [-0.25, -0.2) is 0 Å². The maximum absolute atomic E-state index is 12.2. The standard InChI is InChI=1S/C18H24N4O/c1-3-20-14-9-10-16-15(11-14)17(18(23)19-2)21-22(16)12-13-7-5-4-6-8-13/h4-8,14,20H,3,9-12H2,1-2H3,(H,19,23). The molecule has 1 unspecified atom stereocenters. The number of carbonyl (C=O) groups is 1. The van der Waals surface area contributed by atoms with E-state index in [0.717, 1.165) is 31.4 Å². The number of nitrogens with one attached hydrogen (secondary N) is 2. The van der Waals surface area contributed by atoms with Gasteiger partial charge in [-0.1, -0.05) is 37.3 Å². The van der Waals surface area contributed by atoms with E-state index < -0.39 is 0 Å². The van der Waals surface area contributed by atoms with Crippen molar-refractivity contribution in [3.63, 3.8) is 0 Å². The number of aromatic nitrogens is 2. The van der Waals surface area contributed by atoms with E-state index in [0.29, 0.717) is 18.3 Å². The van der Waals surface area contributed by atoms with Crippen LogP contribution in [0.15, 0.2) is 30.3 Å². The lowest BCUT2D eigenvalue weighted by molar-refractivity contribution is 0.0956. The van der Waals surface area contributed by atoms with Crippen molar-refractivity contribution in [2.45, 2.75) is 38.8 Å². The first kappa shape index (κ1) is 15.7. The van der Waals surface area contributed by atoms with Crippen molar-refractivity contribution in [1.82, 2.24) is 20.4 Å². The first-order valence-corrected chi connectivity index (χ1v) is 8.30. The maximum Gasteiger partial charge on any atom is 0.271 e. The lowest BCUT2D eigenvalue weighted by Gasteiger charge is -2.24. The van der Waals surface area contributed by atoms with E-state index in [1.165, 1.54) is 11.3 Å². The first-order chi connectivity index (χ1) is 11.2. The minimum absolute atomic E-state index is 0.0924. The predicted molar refractivity (Wildman–Crippen MR) is 90.7 cm³/mol. The van der Waals surface area contributed by atoms with Crippen LogP contribution in [-0.4, -0.2) is 35.3 Å². The molecule has 0 spiro atoms. The lowest BCUT2D eigenvalue weighted by atomic mass is 9.91. The van der Waals surface area contributed by atoms with Crippen LogP contribution in [0, 0.1) is 0 Å². The summed E-state index contributed by atoms with van der Waals surface area (Å²) in [4.78, 5) is 12.2. The molecule has 1 aliphatic carbocycles. The third-order valence-electron chi connectivity index (χ3n) is 4.46. The van der Waals surface area contributed by atoms with Gasteiger partial charge < -0.3 is 10.6 Å². The Bertz CT molecular complexity index is 678. The van der Waals surface area contributed by atoms with Gasteiger partial charge in [-0.15, -0.1) is 0 Å². The summed E-state index contributed by atoms with van der Waals surface area (Å²) in [6.07, 6.45) is 2.93. The Kier molecular flexibility index (Phi) is 4.76. The SMILES string of the molecule is CCNC1CCc2c(c(C(=O)NC)nn2Cc2ccccc2)C1. The van der Waals surface area contributed by atoms with Crippen LogP contribution in [0.2, 0.25) is 0 Å². The fourth-order valence-electron chi connectivity index (χ4n) is 3.34. The number of carbonyl (C=O) groups excluding carboxylic acids is 1. The number of hydrogen-bond donors (Lipinski definition) is 2. The summed E-state index contributed by atoms with van der Waals surface area (Å²) in [7, 11) is 1.66. The maximum atomic E-state index is 12.2. The fraction of sp³-hybridized carbons (Fsp3) is 0.444. The van der Waals surface area contributed by atoms with Crippen LogP contribution in [0.5, 0.6) is 0 Å². The molecule has 2 N–H and O–H groups in total. The van der Waals surface area contributed by atoms with Gasteiger partial charge in [0.15, 0.2) is 5.69 Å². The zero-order chi connectivity index (χ0) is 16.2. The summed E-state index contributed by atoms with van der Waals surface area (Å²) >= 11 is 0. The lowest BCUT2D eigenvalue weighted by Crippen LogP contribution is -2.35. The summed E-state index contributed by atoms with van der Waals surface area (Å²) in [5, 5.41) is 10.8. The number of fused-ring (bicyclic) bond motifs is 1. The molecule has 1 aliphatic rings. The van der Waals surface area contributed by atoms with E-state index in [1.807, 2.05) is 22.9 Å². The van der Waals surface area contributed by atoms with E-state index in [9.17, 15) is 4.79 Å². The Labute approximate surface area is 137 Å². The van der Waals surface area contributed by atoms with E-state index >= 15 is 0 Å². The highest BCUT2D eigenvalue weighted by Gasteiger charge is 2.28. The molecule has 1 atom stereocenters. The summed E-state index contributed by atoms with van der Waals surface area (Å²) in [6, 6.07) is 10.7. The Morgan fingerprint density at radius 1 is 1.35 bits per heavy atom. The molecular formula is C18H24N4O. The van der Waals surface area contributed by atoms with Gasteiger partial charge in [-0.05, 0) is 31.4 Å². The zero-order valence-corrected chi connectivity index (χ0v) is 13.8. The number of likely N-dealkylation sites (N-methyl/N-ethyl adjacent to an activating group) is 1. The van der Waals surface area contributed by atoms with Gasteiger partial charge in [0, 0.05) is 24.3 Å². The van der Waals surface area contributed by atoms with E-state index in [2.05, 4.69) is 34.8 Å². The van der Waals surface area contributed by atoms with Gasteiger partial charge >= 0.3 is 0 Å². The second-order valence-corrected chi connectivity index (χ2v) is 5.99. The van der Waals surface area contributed by atoms with Crippen molar-refractivity contribution < 1.29 is 4.79 Å². The molecule has 2 aromatic rings. The largest absolute Gasteiger partial charge is 0.354 e. The normalized spacial score (nSPS) is 16.9. The topological polar surface area (TPSA) is 59.0 Å². The molecule has 0 saturated heterocycles. The molecule has 0 bridgehead atoms. The van der Waals surface area contributed by atoms with Crippen LogP contribution in [0.3, 0.4) is 0 Å². The van der Waals surface area contributed by atoms with Crippen molar-refractivity contribution >= 4 is 5.91 Å².